The lowest BCUT2D eigenvalue weighted by molar-refractivity contribution is -0.253. The van der Waals surface area contributed by atoms with Gasteiger partial charge < -0.3 is 25.1 Å². The molecule has 3 saturated carbocycles. The molecular formula is C47H71N5O6. The van der Waals surface area contributed by atoms with Crippen molar-refractivity contribution in [3.8, 4) is 11.4 Å². The van der Waals surface area contributed by atoms with Gasteiger partial charge >= 0.3 is 11.9 Å². The molecule has 0 radical (unpaired) electrons. The first-order chi connectivity index (χ1) is 27.0. The van der Waals surface area contributed by atoms with E-state index < -0.39 is 34.2 Å². The molecule has 3 N–H and O–H groups in total. The van der Waals surface area contributed by atoms with Gasteiger partial charge in [-0.2, -0.15) is 5.10 Å². The number of carbonyl (C=O) groups is 2. The predicted octanol–water partition coefficient (Wildman–Crippen LogP) is 8.80. The molecule has 320 valence electrons. The van der Waals surface area contributed by atoms with E-state index in [4.69, 9.17) is 30.0 Å². The molecule has 4 aliphatic carbocycles. The van der Waals surface area contributed by atoms with Crippen LogP contribution >= 0.6 is 0 Å². The SMILES string of the molecule is CCOC(=O)c1cc(-c2ncnn2[C@@H]2C[C@@]34COC[C@](C)([C@@H]3CC[C@H]3C4=CC[C@@]4(C)[C@H](C(=O)O)[C@@](C)([C@H](C)C(C)C)CC[C@]34C)[C@H]2OC[C@](C)(N)C(C)(C)C)ccn1. The highest BCUT2D eigenvalue weighted by Gasteiger charge is 2.72. The fraction of sp³-hybridized carbons (Fsp3) is 0.766. The maximum atomic E-state index is 13.6. The van der Waals surface area contributed by atoms with Crippen LogP contribution in [0.4, 0.5) is 0 Å². The van der Waals surface area contributed by atoms with Crippen LogP contribution < -0.4 is 5.73 Å². The molecule has 58 heavy (non-hydrogen) atoms. The number of pyridine rings is 1. The highest BCUT2D eigenvalue weighted by Crippen LogP contribution is 2.75. The number of hydrogen-bond donors (Lipinski definition) is 2. The van der Waals surface area contributed by atoms with Gasteiger partial charge in [0.05, 0.1) is 44.5 Å². The van der Waals surface area contributed by atoms with Crippen LogP contribution in [0, 0.1) is 62.1 Å². The zero-order valence-corrected chi connectivity index (χ0v) is 37.4. The van der Waals surface area contributed by atoms with E-state index in [9.17, 15) is 14.7 Å². The van der Waals surface area contributed by atoms with Crippen molar-refractivity contribution in [3.05, 3.63) is 42.0 Å². The van der Waals surface area contributed by atoms with Gasteiger partial charge in [0.15, 0.2) is 5.82 Å². The number of aromatic nitrogens is 4. The number of hydrogen-bond acceptors (Lipinski definition) is 9. The van der Waals surface area contributed by atoms with Gasteiger partial charge in [0.1, 0.15) is 12.0 Å². The number of esters is 1. The number of carboxylic acids is 1. The van der Waals surface area contributed by atoms with Crippen LogP contribution in [0.3, 0.4) is 0 Å². The number of carbonyl (C=O) groups excluding carboxylic acids is 1. The van der Waals surface area contributed by atoms with Crippen molar-refractivity contribution in [2.45, 2.75) is 139 Å². The molecule has 1 aliphatic heterocycles. The molecule has 4 fully saturated rings. The number of ether oxygens (including phenoxy) is 3. The Balaban J connectivity index is 1.36. The predicted molar refractivity (Wildman–Crippen MR) is 224 cm³/mol. The van der Waals surface area contributed by atoms with Gasteiger partial charge in [-0.1, -0.05) is 80.9 Å². The van der Waals surface area contributed by atoms with Crippen LogP contribution in [0.15, 0.2) is 36.3 Å². The van der Waals surface area contributed by atoms with Crippen molar-refractivity contribution < 1.29 is 28.9 Å². The maximum absolute atomic E-state index is 13.6. The van der Waals surface area contributed by atoms with Crippen molar-refractivity contribution >= 4 is 11.9 Å². The number of nitrogens with two attached hydrogens (primary N) is 1. The summed E-state index contributed by atoms with van der Waals surface area (Å²) in [5.41, 5.74) is 6.95. The molecule has 5 aliphatic rings. The van der Waals surface area contributed by atoms with Crippen LogP contribution in [0.5, 0.6) is 0 Å². The molecule has 2 aromatic rings. The normalized spacial score (nSPS) is 38.7. The quantitative estimate of drug-likeness (QED) is 0.176. The fourth-order valence-electron chi connectivity index (χ4n) is 13.2. The van der Waals surface area contributed by atoms with E-state index in [0.29, 0.717) is 31.6 Å². The summed E-state index contributed by atoms with van der Waals surface area (Å²) in [6.07, 6.45) is 10.8. The molecule has 0 unspecified atom stereocenters. The summed E-state index contributed by atoms with van der Waals surface area (Å²) in [7, 11) is 0. The fourth-order valence-corrected chi connectivity index (χ4v) is 13.2. The van der Waals surface area contributed by atoms with Gasteiger partial charge in [-0.25, -0.2) is 19.4 Å². The molecule has 7 rings (SSSR count). The molecule has 11 heteroatoms. The van der Waals surface area contributed by atoms with E-state index in [1.807, 2.05) is 10.7 Å². The van der Waals surface area contributed by atoms with Crippen molar-refractivity contribution in [2.24, 2.45) is 67.8 Å². The Labute approximate surface area is 346 Å². The number of carboxylic acid groups (broad SMARTS) is 1. The molecule has 2 bridgehead atoms. The van der Waals surface area contributed by atoms with E-state index >= 15 is 0 Å². The molecule has 0 amide bonds. The van der Waals surface area contributed by atoms with Crippen LogP contribution in [-0.2, 0) is 19.0 Å². The largest absolute Gasteiger partial charge is 0.481 e. The van der Waals surface area contributed by atoms with Crippen LogP contribution in [-0.4, -0.2) is 74.9 Å². The smallest absolute Gasteiger partial charge is 0.356 e. The Morgan fingerprint density at radius 1 is 1.05 bits per heavy atom. The van der Waals surface area contributed by atoms with Crippen molar-refractivity contribution in [3.63, 3.8) is 0 Å². The third-order valence-electron chi connectivity index (χ3n) is 17.8. The number of allylic oxidation sites excluding steroid dienone is 1. The van der Waals surface area contributed by atoms with E-state index in [-0.39, 0.29) is 63.9 Å². The van der Waals surface area contributed by atoms with Crippen molar-refractivity contribution in [2.75, 3.05) is 26.4 Å². The Bertz CT molecular complexity index is 1930. The number of fused-ring (bicyclic) bond motifs is 3. The molecule has 2 aromatic heterocycles. The summed E-state index contributed by atoms with van der Waals surface area (Å²) in [6, 6.07) is 3.35. The third-order valence-corrected chi connectivity index (χ3v) is 17.8. The summed E-state index contributed by atoms with van der Waals surface area (Å²) >= 11 is 0. The maximum Gasteiger partial charge on any atom is 0.356 e. The zero-order chi connectivity index (χ0) is 42.4. The molecule has 1 saturated heterocycles. The number of nitrogens with zero attached hydrogens (tertiary/aromatic N) is 4. The first-order valence-corrected chi connectivity index (χ1v) is 22.0. The van der Waals surface area contributed by atoms with Crippen LogP contribution in [0.25, 0.3) is 11.4 Å². The lowest BCUT2D eigenvalue weighted by atomic mass is 9.34. The second-order valence-electron chi connectivity index (χ2n) is 21.7. The third kappa shape index (κ3) is 6.24. The van der Waals surface area contributed by atoms with E-state index in [1.54, 1.807) is 25.5 Å². The molecule has 12 atom stereocenters. The molecule has 0 aromatic carbocycles. The summed E-state index contributed by atoms with van der Waals surface area (Å²) < 4.78 is 21.4. The number of rotatable bonds is 10. The first-order valence-electron chi connectivity index (χ1n) is 22.0. The van der Waals surface area contributed by atoms with Gasteiger partial charge in [0, 0.05) is 28.1 Å². The lowest BCUT2D eigenvalue weighted by Crippen LogP contribution is -2.69. The molecular weight excluding hydrogens is 731 g/mol. The summed E-state index contributed by atoms with van der Waals surface area (Å²) in [5, 5.41) is 16.2. The Morgan fingerprint density at radius 2 is 1.78 bits per heavy atom. The van der Waals surface area contributed by atoms with E-state index in [1.165, 1.54) is 5.57 Å². The summed E-state index contributed by atoms with van der Waals surface area (Å²) in [6.45, 7) is 28.2. The van der Waals surface area contributed by atoms with Crippen molar-refractivity contribution in [1.29, 1.82) is 0 Å². The Hall–Kier alpha value is -3.15. The highest BCUT2D eigenvalue weighted by molar-refractivity contribution is 5.88. The van der Waals surface area contributed by atoms with Crippen LogP contribution in [0.2, 0.25) is 0 Å². The van der Waals surface area contributed by atoms with E-state index in [2.05, 4.69) is 87.2 Å². The minimum Gasteiger partial charge on any atom is -0.481 e. The Morgan fingerprint density at radius 3 is 2.43 bits per heavy atom. The van der Waals surface area contributed by atoms with Gasteiger partial charge in [0.25, 0.3) is 0 Å². The molecule has 3 heterocycles. The van der Waals surface area contributed by atoms with Crippen molar-refractivity contribution in [1.82, 2.24) is 19.7 Å². The number of aliphatic carboxylic acids is 1. The van der Waals surface area contributed by atoms with Gasteiger partial charge in [0.2, 0.25) is 0 Å². The van der Waals surface area contributed by atoms with Gasteiger partial charge in [-0.15, -0.1) is 0 Å². The van der Waals surface area contributed by atoms with Gasteiger partial charge in [-0.3, -0.25) is 4.79 Å². The first kappa shape index (κ1) is 43.0. The molecule has 0 spiro atoms. The zero-order valence-electron chi connectivity index (χ0n) is 37.4. The second-order valence-corrected chi connectivity index (χ2v) is 21.7. The average molecular weight is 802 g/mol. The summed E-state index contributed by atoms with van der Waals surface area (Å²) in [4.78, 5) is 35.6. The second kappa shape index (κ2) is 14.5. The average Bonchev–Trinajstić information content (AvgIpc) is 3.64. The lowest BCUT2D eigenvalue weighted by Gasteiger charge is -2.71. The topological polar surface area (TPSA) is 152 Å². The van der Waals surface area contributed by atoms with Gasteiger partial charge in [-0.05, 0) is 110 Å². The van der Waals surface area contributed by atoms with E-state index in [0.717, 1.165) is 44.1 Å². The van der Waals surface area contributed by atoms with Crippen LogP contribution in [0.1, 0.15) is 138 Å². The standard InChI is InChI=1S/C47H71N5O6/c1-13-57-40(55)33-22-30(17-21-49-33)38-50-27-51-52(38)34-23-47-26-56-24-43(9,37(34)58-25-46(12,48)41(5,6)7)35(47)15-14-31-32(47)16-18-45(11)36(39(53)54)42(8,29(4)28(2)3)19-20-44(31,45)10/h16-17,21-22,27-29,31,34-37H,13-15,18-20,23-26,48H2,1-12H3,(H,53,54)/t29-,31+,34-,35+,36-,37+,42-,43-,44-,45+,46+,47+/m1/s1. The minimum absolute atomic E-state index is 0.209. The summed E-state index contributed by atoms with van der Waals surface area (Å²) in [5.74, 6) is 0.209. The minimum atomic E-state index is -0.651. The molecule has 11 nitrogen and oxygen atoms in total. The monoisotopic (exact) mass is 802 g/mol. The Kier molecular flexibility index (Phi) is 10.7. The highest BCUT2D eigenvalue weighted by atomic mass is 16.5.